The predicted octanol–water partition coefficient (Wildman–Crippen LogP) is -3.82. The molecule has 0 radical (unpaired) electrons. The van der Waals surface area contributed by atoms with Gasteiger partial charge in [0.1, 0.15) is 0 Å². The summed E-state index contributed by atoms with van der Waals surface area (Å²) >= 11 is 0. The minimum Gasteiger partial charge on any atom is -0.0149 e. The molecule has 0 aromatic carbocycles. The average Bonchev–Trinajstić information content (AvgIpc) is 0. The van der Waals surface area contributed by atoms with E-state index in [0.717, 1.165) is 0 Å². The second kappa shape index (κ2) is 18.3. The zero-order chi connectivity index (χ0) is 0. The van der Waals surface area contributed by atoms with Gasteiger partial charge in [-0.1, -0.05) is 0 Å². The van der Waals surface area contributed by atoms with Gasteiger partial charge in [-0.2, -0.15) is 0 Å². The van der Waals surface area contributed by atoms with Crippen LogP contribution in [0.25, 0.3) is 0 Å². The van der Waals surface area contributed by atoms with Crippen LogP contribution < -0.4 is 0 Å². The van der Waals surface area contributed by atoms with Crippen molar-refractivity contribution in [2.75, 3.05) is 0 Å². The topological polar surface area (TPSA) is 0 Å². The van der Waals surface area contributed by atoms with Crippen LogP contribution in [0.1, 0.15) is 0 Å². The van der Waals surface area contributed by atoms with Gasteiger partial charge in [-0.25, -0.2) is 0 Å². The third-order valence-corrected chi connectivity index (χ3v) is 0. The van der Waals surface area contributed by atoms with Gasteiger partial charge in [0, 0.05) is 19.5 Å². The van der Waals surface area contributed by atoms with Gasteiger partial charge in [-0.15, -0.1) is 0 Å². The largest absolute Gasteiger partial charge is 0.0149 e. The monoisotopic (exact) mass is 286 g/mol. The molecule has 0 unspecified atom stereocenters. The van der Waals surface area contributed by atoms with Crippen molar-refractivity contribution in [3.63, 3.8) is 0 Å². The summed E-state index contributed by atoms with van der Waals surface area (Å²) in [6.07, 6.45) is 0. The van der Waals surface area contributed by atoms with Crippen LogP contribution >= 0.6 is 0 Å². The van der Waals surface area contributed by atoms with Gasteiger partial charge in [0.25, 0.3) is 0 Å². The Hall–Kier alpha value is 2.35. The zero-order valence-electron chi connectivity index (χ0n) is 0.707. The van der Waals surface area contributed by atoms with E-state index < -0.39 is 0 Å². The van der Waals surface area contributed by atoms with Gasteiger partial charge in [0.05, 0.1) is 0 Å². The predicted molar refractivity (Wildman–Crippen MR) is 31.2 cm³/mol. The van der Waals surface area contributed by atoms with Gasteiger partial charge >= 0.3 is 45.6 Å². The van der Waals surface area contributed by atoms with Gasteiger partial charge < -0.3 is 0 Å². The second-order valence-electron chi connectivity index (χ2n) is 0. The zero-order valence-corrected chi connectivity index (χ0v) is 3.67. The Morgan fingerprint density at radius 1 is 1.00 bits per heavy atom. The van der Waals surface area contributed by atoms with E-state index in [1.54, 1.807) is 0 Å². The Morgan fingerprint density at radius 2 is 1.00 bits per heavy atom. The molecule has 0 N–H and O–H groups in total. The Morgan fingerprint density at radius 3 is 1.00 bits per heavy atom. The van der Waals surface area contributed by atoms with Crippen molar-refractivity contribution in [2.45, 2.75) is 0 Å². The molecule has 4 heavy (non-hydrogen) atoms. The molecule has 0 aliphatic carbocycles. The summed E-state index contributed by atoms with van der Waals surface area (Å²) in [5, 5.41) is 0. The minimum atomic E-state index is 0. The smallest absolute Gasteiger partial charge is 0 e. The van der Waals surface area contributed by atoms with E-state index in [1.807, 2.05) is 0 Å². The molecule has 0 saturated carbocycles. The molecule has 22 valence electrons. The summed E-state index contributed by atoms with van der Waals surface area (Å²) in [4.78, 5) is 0. The molecule has 0 nitrogen and oxygen atoms in total. The third-order valence-electron chi connectivity index (χ3n) is 0. The summed E-state index contributed by atoms with van der Waals surface area (Å²) in [5.74, 6) is 0. The minimum absolute atomic E-state index is 0. The van der Waals surface area contributed by atoms with Crippen molar-refractivity contribution < 1.29 is 19.5 Å². The summed E-state index contributed by atoms with van der Waals surface area (Å²) in [6, 6.07) is 0. The van der Waals surface area contributed by atoms with Gasteiger partial charge in [0.15, 0.2) is 0 Å². The summed E-state index contributed by atoms with van der Waals surface area (Å²) in [5.41, 5.74) is 0. The first-order valence-corrected chi connectivity index (χ1v) is 0. The molecule has 0 aromatic rings. The van der Waals surface area contributed by atoms with Gasteiger partial charge in [0.2, 0.25) is 0 Å². The molecule has 0 aromatic heterocycles. The fourth-order valence-corrected chi connectivity index (χ4v) is 0. The van der Waals surface area contributed by atoms with Crippen molar-refractivity contribution in [1.82, 2.24) is 0 Å². The third kappa shape index (κ3) is 8.84. The van der Waals surface area contributed by atoms with Crippen molar-refractivity contribution in [3.8, 4) is 0 Å². The van der Waals surface area contributed by atoms with Crippen molar-refractivity contribution >= 4 is 56.6 Å². The Balaban J connectivity index is 0. The number of rotatable bonds is 0. The first-order valence-electron chi connectivity index (χ1n) is 0. The van der Waals surface area contributed by atoms with Crippen LogP contribution in [0, 0.1) is 0 Å². The molecular weight excluding hydrogens is 278 g/mol. The van der Waals surface area contributed by atoms with Crippen LogP contribution in [0.2, 0.25) is 0 Å². The van der Waals surface area contributed by atoms with Gasteiger partial charge in [-0.05, 0) is 11.0 Å². The number of hydrogen-bond acceptors (Lipinski definition) is 0. The second-order valence-corrected chi connectivity index (χ2v) is 0. The van der Waals surface area contributed by atoms with E-state index >= 15 is 0 Å². The van der Waals surface area contributed by atoms with Crippen LogP contribution in [0.15, 0.2) is 0 Å². The SMILES string of the molecule is [GaH3].[InH3].[SiH4].[Zn]. The Labute approximate surface area is 75.1 Å². The summed E-state index contributed by atoms with van der Waals surface area (Å²) in [6.45, 7) is 0. The first-order chi connectivity index (χ1) is 0. The van der Waals surface area contributed by atoms with Crippen molar-refractivity contribution in [1.29, 1.82) is 0 Å². The Bertz CT molecular complexity index is 8.00. The maximum Gasteiger partial charge on any atom is 0 e. The molecular formula is H10GaInSiZn. The number of hydrogen-bond donors (Lipinski definition) is 0. The average molecular weight is 288 g/mol. The van der Waals surface area contributed by atoms with Gasteiger partial charge in [-0.3, -0.25) is 0 Å². The van der Waals surface area contributed by atoms with Crippen LogP contribution in [0.4, 0.5) is 0 Å². The molecule has 0 rings (SSSR count). The quantitative estimate of drug-likeness (QED) is 0.401. The first kappa shape index (κ1) is 32.9. The van der Waals surface area contributed by atoms with Crippen LogP contribution in [0.3, 0.4) is 0 Å². The fraction of sp³-hybridized carbons (Fsp3) is 0. The van der Waals surface area contributed by atoms with E-state index in [1.165, 1.54) is 0 Å². The molecule has 0 spiro atoms. The van der Waals surface area contributed by atoms with Crippen LogP contribution in [-0.4, -0.2) is 56.6 Å². The molecule has 0 aliphatic rings. The maximum absolute atomic E-state index is 0. The normalized spacial score (nSPS) is 0. The van der Waals surface area contributed by atoms with Crippen molar-refractivity contribution in [3.05, 3.63) is 0 Å². The van der Waals surface area contributed by atoms with E-state index in [4.69, 9.17) is 0 Å². The molecule has 0 amide bonds. The van der Waals surface area contributed by atoms with Crippen molar-refractivity contribution in [2.24, 2.45) is 0 Å². The van der Waals surface area contributed by atoms with E-state index in [0.29, 0.717) is 0 Å². The molecule has 0 aliphatic heterocycles. The van der Waals surface area contributed by atoms with Crippen LogP contribution in [-0.2, 0) is 19.5 Å². The summed E-state index contributed by atoms with van der Waals surface area (Å²) < 4.78 is 0. The maximum atomic E-state index is 0. The molecule has 0 fully saturated rings. The molecule has 0 heterocycles. The fourth-order valence-electron chi connectivity index (χ4n) is 0. The summed E-state index contributed by atoms with van der Waals surface area (Å²) in [7, 11) is 0. The molecule has 0 saturated heterocycles. The van der Waals surface area contributed by atoms with E-state index in [2.05, 4.69) is 0 Å². The molecule has 4 heteroatoms. The Kier molecular flexibility index (Phi) is 151. The van der Waals surface area contributed by atoms with E-state index in [9.17, 15) is 0 Å². The standard InChI is InChI=1S/Ga.In.H4Si.Zn.6H/h;;1H4;;;;;;;. The molecule has 0 atom stereocenters. The molecule has 0 bridgehead atoms. The van der Waals surface area contributed by atoms with E-state index in [-0.39, 0.29) is 76.1 Å². The van der Waals surface area contributed by atoms with Crippen LogP contribution in [0.5, 0.6) is 0 Å².